The first kappa shape index (κ1) is 14.6. The average molecular weight is 270 g/mol. The molecule has 1 saturated carbocycles. The van der Waals surface area contributed by atoms with Crippen LogP contribution in [0.1, 0.15) is 45.4 Å². The fraction of sp³-hybridized carbons (Fsp3) is 0.929. The molecule has 1 unspecified atom stereocenters. The minimum absolute atomic E-state index is 0.0691. The van der Waals surface area contributed by atoms with Crippen molar-refractivity contribution < 1.29 is 14.6 Å². The number of ether oxygens (including phenoxy) is 1. The Morgan fingerprint density at radius 3 is 2.42 bits per heavy atom. The normalized spacial score (nSPS) is 30.6. The van der Waals surface area contributed by atoms with Crippen LogP contribution in [0.4, 0.5) is 4.79 Å². The van der Waals surface area contributed by atoms with Crippen LogP contribution in [0.2, 0.25) is 0 Å². The Labute approximate surface area is 115 Å². The molecule has 3 N–H and O–H groups in total. The summed E-state index contributed by atoms with van der Waals surface area (Å²) in [6.07, 6.45) is 5.21. The van der Waals surface area contributed by atoms with Crippen LogP contribution >= 0.6 is 0 Å². The Balaban J connectivity index is 1.68. The van der Waals surface area contributed by atoms with E-state index in [0.29, 0.717) is 5.92 Å². The number of carbonyl (C=O) groups excluding carboxylic acids is 1. The van der Waals surface area contributed by atoms with Gasteiger partial charge in [0.05, 0.1) is 6.10 Å². The lowest BCUT2D eigenvalue weighted by atomic mass is 9.92. The van der Waals surface area contributed by atoms with Crippen molar-refractivity contribution in [2.24, 2.45) is 5.92 Å². The van der Waals surface area contributed by atoms with Gasteiger partial charge in [0.25, 0.3) is 0 Å². The molecule has 0 bridgehead atoms. The van der Waals surface area contributed by atoms with E-state index < -0.39 is 0 Å². The molecule has 5 heteroatoms. The summed E-state index contributed by atoms with van der Waals surface area (Å²) in [6.45, 7) is 3.68. The van der Waals surface area contributed by atoms with Crippen LogP contribution in [-0.2, 0) is 4.74 Å². The van der Waals surface area contributed by atoms with Crippen LogP contribution in [0.15, 0.2) is 0 Å². The molecule has 0 aromatic carbocycles. The Hall–Kier alpha value is -0.810. The van der Waals surface area contributed by atoms with Gasteiger partial charge in [-0.15, -0.1) is 0 Å². The molecule has 0 radical (unpaired) electrons. The minimum atomic E-state index is -0.178. The molecule has 0 aromatic rings. The number of aliphatic hydroxyl groups excluding tert-OH is 1. The highest BCUT2D eigenvalue weighted by molar-refractivity contribution is 5.74. The van der Waals surface area contributed by atoms with E-state index in [0.717, 1.165) is 51.7 Å². The molecule has 1 heterocycles. The largest absolute Gasteiger partial charge is 0.393 e. The smallest absolute Gasteiger partial charge is 0.315 e. The molecule has 110 valence electrons. The van der Waals surface area contributed by atoms with Gasteiger partial charge in [0.15, 0.2) is 0 Å². The Morgan fingerprint density at radius 2 is 1.79 bits per heavy atom. The van der Waals surface area contributed by atoms with Crippen molar-refractivity contribution in [2.45, 2.75) is 63.6 Å². The number of aliphatic hydroxyl groups is 1. The zero-order valence-corrected chi connectivity index (χ0v) is 11.7. The lowest BCUT2D eigenvalue weighted by Gasteiger charge is -2.30. The molecule has 2 rings (SSSR count). The van der Waals surface area contributed by atoms with Gasteiger partial charge < -0.3 is 20.5 Å². The molecule has 1 saturated heterocycles. The molecule has 1 aliphatic heterocycles. The third-order valence-electron chi connectivity index (χ3n) is 4.36. The maximum Gasteiger partial charge on any atom is 0.315 e. The second-order valence-corrected chi connectivity index (χ2v) is 5.86. The van der Waals surface area contributed by atoms with E-state index in [2.05, 4.69) is 17.6 Å². The Morgan fingerprint density at radius 1 is 1.16 bits per heavy atom. The van der Waals surface area contributed by atoms with Crippen molar-refractivity contribution in [1.82, 2.24) is 10.6 Å². The van der Waals surface area contributed by atoms with Crippen molar-refractivity contribution in [1.29, 1.82) is 0 Å². The highest BCUT2D eigenvalue weighted by Gasteiger charge is 2.24. The molecule has 0 aromatic heterocycles. The number of hydrogen-bond acceptors (Lipinski definition) is 3. The van der Waals surface area contributed by atoms with E-state index in [4.69, 9.17) is 4.74 Å². The molecule has 1 atom stereocenters. The van der Waals surface area contributed by atoms with Gasteiger partial charge in [-0.3, -0.25) is 0 Å². The number of urea groups is 1. The van der Waals surface area contributed by atoms with Gasteiger partial charge in [-0.05, 0) is 51.4 Å². The van der Waals surface area contributed by atoms with Crippen LogP contribution in [0, 0.1) is 5.92 Å². The van der Waals surface area contributed by atoms with Gasteiger partial charge in [0.2, 0.25) is 0 Å². The summed E-state index contributed by atoms with van der Waals surface area (Å²) in [5.41, 5.74) is 0. The van der Waals surface area contributed by atoms with Crippen molar-refractivity contribution in [3.63, 3.8) is 0 Å². The molecular formula is C14H26N2O3. The molecular weight excluding hydrogens is 244 g/mol. The van der Waals surface area contributed by atoms with E-state index in [9.17, 15) is 9.90 Å². The number of amides is 2. The zero-order chi connectivity index (χ0) is 13.7. The fourth-order valence-electron chi connectivity index (χ4n) is 2.99. The van der Waals surface area contributed by atoms with Crippen LogP contribution in [0.5, 0.6) is 0 Å². The highest BCUT2D eigenvalue weighted by Crippen LogP contribution is 2.19. The lowest BCUT2D eigenvalue weighted by molar-refractivity contribution is 0.0569. The number of hydrogen-bond donors (Lipinski definition) is 3. The number of rotatable bonds is 3. The van der Waals surface area contributed by atoms with Crippen LogP contribution in [0.3, 0.4) is 0 Å². The molecule has 0 spiro atoms. The van der Waals surface area contributed by atoms with Gasteiger partial charge >= 0.3 is 6.03 Å². The van der Waals surface area contributed by atoms with Crippen LogP contribution < -0.4 is 10.6 Å². The summed E-state index contributed by atoms with van der Waals surface area (Å²) in [7, 11) is 0. The summed E-state index contributed by atoms with van der Waals surface area (Å²) >= 11 is 0. The van der Waals surface area contributed by atoms with Crippen LogP contribution in [-0.4, -0.2) is 42.5 Å². The molecule has 2 amide bonds. The topological polar surface area (TPSA) is 70.6 Å². The minimum Gasteiger partial charge on any atom is -0.393 e. The Kier molecular flexibility index (Phi) is 5.45. The van der Waals surface area contributed by atoms with E-state index in [1.807, 2.05) is 0 Å². The van der Waals surface area contributed by atoms with E-state index in [1.165, 1.54) is 0 Å². The lowest BCUT2D eigenvalue weighted by Crippen LogP contribution is -2.49. The molecule has 5 nitrogen and oxygen atoms in total. The predicted octanol–water partition coefficient (Wildman–Crippen LogP) is 1.40. The third-order valence-corrected chi connectivity index (χ3v) is 4.36. The highest BCUT2D eigenvalue weighted by atomic mass is 16.5. The van der Waals surface area contributed by atoms with Crippen molar-refractivity contribution in [3.05, 3.63) is 0 Å². The van der Waals surface area contributed by atoms with Gasteiger partial charge in [0, 0.05) is 25.3 Å². The van der Waals surface area contributed by atoms with Crippen molar-refractivity contribution in [2.75, 3.05) is 13.2 Å². The molecule has 19 heavy (non-hydrogen) atoms. The molecule has 2 fully saturated rings. The monoisotopic (exact) mass is 270 g/mol. The van der Waals surface area contributed by atoms with Crippen LogP contribution in [0.25, 0.3) is 0 Å². The number of nitrogens with one attached hydrogen (secondary N) is 2. The quantitative estimate of drug-likeness (QED) is 0.726. The van der Waals surface area contributed by atoms with Gasteiger partial charge in [-0.25, -0.2) is 4.79 Å². The maximum atomic E-state index is 11.9. The van der Waals surface area contributed by atoms with E-state index in [-0.39, 0.29) is 24.2 Å². The Bertz CT molecular complexity index is 284. The third kappa shape index (κ3) is 4.66. The average Bonchev–Trinajstić information content (AvgIpc) is 2.42. The second-order valence-electron chi connectivity index (χ2n) is 5.86. The summed E-state index contributed by atoms with van der Waals surface area (Å²) in [5.74, 6) is 0.521. The standard InChI is InChI=1S/C14H26N2O3/c1-10(11-6-8-19-9-7-11)15-14(18)16-12-2-4-13(17)5-3-12/h10-13,17H,2-9H2,1H3,(H2,15,16,18). The first-order valence-electron chi connectivity index (χ1n) is 7.48. The predicted molar refractivity (Wildman–Crippen MR) is 72.9 cm³/mol. The summed E-state index contributed by atoms with van der Waals surface area (Å²) in [5, 5.41) is 15.5. The van der Waals surface area contributed by atoms with E-state index in [1.54, 1.807) is 0 Å². The number of carbonyl (C=O) groups is 1. The second kappa shape index (κ2) is 7.10. The first-order valence-corrected chi connectivity index (χ1v) is 7.48. The summed E-state index contributed by atoms with van der Waals surface area (Å²) in [6, 6.07) is 0.337. The zero-order valence-electron chi connectivity index (χ0n) is 11.7. The summed E-state index contributed by atoms with van der Waals surface area (Å²) in [4.78, 5) is 11.9. The van der Waals surface area contributed by atoms with Gasteiger partial charge in [-0.2, -0.15) is 0 Å². The van der Waals surface area contributed by atoms with Gasteiger partial charge in [-0.1, -0.05) is 0 Å². The summed E-state index contributed by atoms with van der Waals surface area (Å²) < 4.78 is 5.33. The van der Waals surface area contributed by atoms with E-state index >= 15 is 0 Å². The molecule has 1 aliphatic carbocycles. The van der Waals surface area contributed by atoms with Crippen molar-refractivity contribution >= 4 is 6.03 Å². The first-order chi connectivity index (χ1) is 9.15. The maximum absolute atomic E-state index is 11.9. The molecule has 2 aliphatic rings. The SMILES string of the molecule is CC(NC(=O)NC1CCC(O)CC1)C1CCOCC1. The fourth-order valence-corrected chi connectivity index (χ4v) is 2.99. The van der Waals surface area contributed by atoms with Crippen molar-refractivity contribution in [3.8, 4) is 0 Å². The van der Waals surface area contributed by atoms with Gasteiger partial charge in [0.1, 0.15) is 0 Å².